The number of morpholine rings is 1. The summed E-state index contributed by atoms with van der Waals surface area (Å²) < 4.78 is 9.64. The first-order valence-corrected chi connectivity index (χ1v) is 5.93. The van der Waals surface area contributed by atoms with E-state index in [1.54, 1.807) is 0 Å². The summed E-state index contributed by atoms with van der Waals surface area (Å²) in [5, 5.41) is 10.5. The third-order valence-electron chi connectivity index (χ3n) is 2.67. The van der Waals surface area contributed by atoms with Crippen LogP contribution in [0.4, 0.5) is 4.79 Å². The number of nitrogens with one attached hydrogen (secondary N) is 1. The van der Waals surface area contributed by atoms with Gasteiger partial charge in [-0.1, -0.05) is 0 Å². The van der Waals surface area contributed by atoms with Crippen molar-refractivity contribution in [3.63, 3.8) is 0 Å². The van der Waals surface area contributed by atoms with Crippen molar-refractivity contribution in [3.05, 3.63) is 0 Å². The second-order valence-corrected chi connectivity index (χ2v) is 4.05. The topological polar surface area (TPSA) is 122 Å². The van der Waals surface area contributed by atoms with Crippen LogP contribution in [0.1, 0.15) is 12.8 Å². The summed E-state index contributed by atoms with van der Waals surface area (Å²) in [5.74, 6) is -2.49. The summed E-state index contributed by atoms with van der Waals surface area (Å²) in [4.78, 5) is 46.2. The van der Waals surface area contributed by atoms with Gasteiger partial charge >= 0.3 is 18.0 Å². The van der Waals surface area contributed by atoms with Gasteiger partial charge in [0.05, 0.1) is 26.7 Å². The summed E-state index contributed by atoms with van der Waals surface area (Å²) in [6, 6.07) is -1.68. The van der Waals surface area contributed by atoms with Crippen LogP contribution in [0.2, 0.25) is 0 Å². The lowest BCUT2D eigenvalue weighted by Crippen LogP contribution is -2.56. The first-order valence-electron chi connectivity index (χ1n) is 5.93. The van der Waals surface area contributed by atoms with Crippen LogP contribution in [-0.2, 0) is 23.9 Å². The fraction of sp³-hybridized carbons (Fsp3) is 0.636. The Hall–Kier alpha value is -2.16. The highest BCUT2D eigenvalue weighted by Crippen LogP contribution is 2.09. The maximum absolute atomic E-state index is 11.9. The van der Waals surface area contributed by atoms with Crippen molar-refractivity contribution in [3.8, 4) is 0 Å². The van der Waals surface area contributed by atoms with E-state index in [4.69, 9.17) is 9.84 Å². The second kappa shape index (κ2) is 7.43. The molecule has 0 spiro atoms. The number of hydrogen-bond acceptors (Lipinski definition) is 6. The number of imide groups is 1. The minimum Gasteiger partial charge on any atom is -0.481 e. The quantitative estimate of drug-likeness (QED) is 0.633. The molecule has 0 aromatic heterocycles. The number of ether oxygens (including phenoxy) is 2. The van der Waals surface area contributed by atoms with Crippen molar-refractivity contribution in [1.82, 2.24) is 10.2 Å². The number of nitrogens with zero attached hydrogens (tertiary/aromatic N) is 1. The number of carboxylic acid groups (broad SMARTS) is 1. The number of carboxylic acids is 1. The lowest BCUT2D eigenvalue weighted by Gasteiger charge is -2.33. The predicted molar refractivity (Wildman–Crippen MR) is 63.7 cm³/mol. The highest BCUT2D eigenvalue weighted by Gasteiger charge is 2.34. The molecule has 1 aliphatic heterocycles. The van der Waals surface area contributed by atoms with Crippen LogP contribution in [-0.4, -0.2) is 66.8 Å². The SMILES string of the molecule is COC(=O)C1COCCN1C(=O)NC(=O)CCC(=O)O. The molecule has 112 valence electrons. The molecule has 0 aromatic rings. The smallest absolute Gasteiger partial charge is 0.331 e. The Balaban J connectivity index is 2.57. The molecule has 0 radical (unpaired) electrons. The van der Waals surface area contributed by atoms with Crippen LogP contribution in [0.25, 0.3) is 0 Å². The molecule has 0 aromatic carbocycles. The molecule has 1 heterocycles. The first-order chi connectivity index (χ1) is 9.45. The number of carbonyl (C=O) groups excluding carboxylic acids is 3. The van der Waals surface area contributed by atoms with E-state index >= 15 is 0 Å². The molecular weight excluding hydrogens is 272 g/mol. The molecule has 3 amide bonds. The lowest BCUT2D eigenvalue weighted by molar-refractivity contribution is -0.151. The van der Waals surface area contributed by atoms with Crippen LogP contribution in [0, 0.1) is 0 Å². The first kappa shape index (κ1) is 15.9. The molecule has 1 aliphatic rings. The van der Waals surface area contributed by atoms with E-state index in [1.807, 2.05) is 5.32 Å². The Labute approximate surface area is 114 Å². The van der Waals surface area contributed by atoms with Crippen molar-refractivity contribution in [2.75, 3.05) is 26.9 Å². The number of esters is 1. The molecule has 20 heavy (non-hydrogen) atoms. The van der Waals surface area contributed by atoms with E-state index < -0.39 is 29.9 Å². The van der Waals surface area contributed by atoms with E-state index in [-0.39, 0.29) is 32.6 Å². The van der Waals surface area contributed by atoms with Crippen LogP contribution >= 0.6 is 0 Å². The summed E-state index contributed by atoms with van der Waals surface area (Å²) in [6.45, 7) is 0.367. The maximum Gasteiger partial charge on any atom is 0.331 e. The molecule has 0 saturated carbocycles. The summed E-state index contributed by atoms with van der Waals surface area (Å²) >= 11 is 0. The van der Waals surface area contributed by atoms with Gasteiger partial charge < -0.3 is 19.5 Å². The molecule has 1 rings (SSSR count). The van der Waals surface area contributed by atoms with Crippen molar-refractivity contribution in [2.45, 2.75) is 18.9 Å². The van der Waals surface area contributed by atoms with E-state index in [0.717, 1.165) is 4.90 Å². The normalized spacial score (nSPS) is 18.2. The Morgan fingerprint density at radius 1 is 1.35 bits per heavy atom. The van der Waals surface area contributed by atoms with Gasteiger partial charge in [0.1, 0.15) is 0 Å². The third-order valence-corrected chi connectivity index (χ3v) is 2.67. The summed E-state index contributed by atoms with van der Waals surface area (Å²) in [6.07, 6.45) is -0.684. The molecule has 2 N–H and O–H groups in total. The van der Waals surface area contributed by atoms with Crippen LogP contribution in [0.5, 0.6) is 0 Å². The Morgan fingerprint density at radius 3 is 2.65 bits per heavy atom. The van der Waals surface area contributed by atoms with Crippen LogP contribution in [0.3, 0.4) is 0 Å². The molecule has 9 nitrogen and oxygen atoms in total. The highest BCUT2D eigenvalue weighted by atomic mass is 16.5. The molecule has 0 aliphatic carbocycles. The van der Waals surface area contributed by atoms with Gasteiger partial charge in [0.2, 0.25) is 5.91 Å². The molecule has 0 bridgehead atoms. The van der Waals surface area contributed by atoms with Gasteiger partial charge in [0, 0.05) is 13.0 Å². The van der Waals surface area contributed by atoms with Gasteiger partial charge in [-0.15, -0.1) is 0 Å². The zero-order chi connectivity index (χ0) is 15.1. The summed E-state index contributed by atoms with van der Waals surface area (Å²) in [7, 11) is 1.19. The van der Waals surface area contributed by atoms with Gasteiger partial charge in [-0.2, -0.15) is 0 Å². The number of aliphatic carboxylic acids is 1. The van der Waals surface area contributed by atoms with Crippen LogP contribution < -0.4 is 5.32 Å². The average molecular weight is 288 g/mol. The van der Waals surface area contributed by atoms with E-state index in [0.29, 0.717) is 0 Å². The van der Waals surface area contributed by atoms with Crippen molar-refractivity contribution >= 4 is 23.9 Å². The Morgan fingerprint density at radius 2 is 2.05 bits per heavy atom. The van der Waals surface area contributed by atoms with Gasteiger partial charge in [0.15, 0.2) is 6.04 Å². The van der Waals surface area contributed by atoms with Crippen molar-refractivity contribution < 1.29 is 33.8 Å². The molecule has 9 heteroatoms. The molecular formula is C11H16N2O7. The highest BCUT2D eigenvalue weighted by molar-refractivity contribution is 5.96. The standard InChI is InChI=1S/C11H16N2O7/c1-19-10(17)7-6-20-5-4-13(7)11(18)12-8(14)2-3-9(15)16/h7H,2-6H2,1H3,(H,15,16)(H,12,14,18). The van der Waals surface area contributed by atoms with Gasteiger partial charge in [0.25, 0.3) is 0 Å². The van der Waals surface area contributed by atoms with E-state index in [9.17, 15) is 19.2 Å². The number of methoxy groups -OCH3 is 1. The van der Waals surface area contributed by atoms with Crippen molar-refractivity contribution in [1.29, 1.82) is 0 Å². The zero-order valence-corrected chi connectivity index (χ0v) is 11.0. The summed E-state index contributed by atoms with van der Waals surface area (Å²) in [5.41, 5.74) is 0. The number of hydrogen-bond donors (Lipinski definition) is 2. The zero-order valence-electron chi connectivity index (χ0n) is 11.0. The second-order valence-electron chi connectivity index (χ2n) is 4.05. The fourth-order valence-electron chi connectivity index (χ4n) is 1.65. The Kier molecular flexibility index (Phi) is 5.91. The monoisotopic (exact) mass is 288 g/mol. The molecule has 1 fully saturated rings. The van der Waals surface area contributed by atoms with Crippen molar-refractivity contribution in [2.24, 2.45) is 0 Å². The average Bonchev–Trinajstić information content (AvgIpc) is 2.44. The third kappa shape index (κ3) is 4.50. The molecule has 1 saturated heterocycles. The molecule has 1 unspecified atom stereocenters. The van der Waals surface area contributed by atoms with Gasteiger partial charge in [-0.05, 0) is 0 Å². The number of amides is 3. The number of urea groups is 1. The number of carbonyl (C=O) groups is 4. The van der Waals surface area contributed by atoms with Gasteiger partial charge in [-0.3, -0.25) is 14.9 Å². The van der Waals surface area contributed by atoms with E-state index in [1.165, 1.54) is 7.11 Å². The van der Waals surface area contributed by atoms with E-state index in [2.05, 4.69) is 4.74 Å². The van der Waals surface area contributed by atoms with Crippen LogP contribution in [0.15, 0.2) is 0 Å². The fourth-order valence-corrected chi connectivity index (χ4v) is 1.65. The molecule has 1 atom stereocenters. The minimum absolute atomic E-state index is 0.0105. The minimum atomic E-state index is -1.13. The largest absolute Gasteiger partial charge is 0.481 e. The van der Waals surface area contributed by atoms with Gasteiger partial charge in [-0.25, -0.2) is 9.59 Å². The maximum atomic E-state index is 11.9. The predicted octanol–water partition coefficient (Wildman–Crippen LogP) is -1.04. The Bertz CT molecular complexity index is 410. The lowest BCUT2D eigenvalue weighted by atomic mass is 10.2. The number of rotatable bonds is 4.